The highest BCUT2D eigenvalue weighted by Crippen LogP contribution is 2.20. The maximum atomic E-state index is 12.8. The van der Waals surface area contributed by atoms with Crippen LogP contribution in [0.2, 0.25) is 0 Å². The maximum Gasteiger partial charge on any atom is 0.238 e. The Bertz CT molecular complexity index is 603. The molecule has 0 aromatic heterocycles. The van der Waals surface area contributed by atoms with Gasteiger partial charge in [0, 0.05) is 18.3 Å². The molecule has 0 saturated carbocycles. The van der Waals surface area contributed by atoms with Gasteiger partial charge in [0.1, 0.15) is 0 Å². The van der Waals surface area contributed by atoms with E-state index < -0.39 is 0 Å². The van der Waals surface area contributed by atoms with Crippen molar-refractivity contribution in [3.05, 3.63) is 29.8 Å². The lowest BCUT2D eigenvalue weighted by Gasteiger charge is -2.36. The third kappa shape index (κ3) is 5.84. The number of rotatable bonds is 8. The van der Waals surface area contributed by atoms with Crippen LogP contribution in [0.3, 0.4) is 0 Å². The molecule has 1 aromatic carbocycles. The van der Waals surface area contributed by atoms with Gasteiger partial charge >= 0.3 is 0 Å². The molecule has 5 heteroatoms. The van der Waals surface area contributed by atoms with E-state index in [0.29, 0.717) is 12.6 Å². The molecule has 2 amide bonds. The first kappa shape index (κ1) is 20.4. The highest BCUT2D eigenvalue weighted by atomic mass is 16.2. The van der Waals surface area contributed by atoms with Gasteiger partial charge in [-0.3, -0.25) is 14.5 Å². The van der Waals surface area contributed by atoms with Gasteiger partial charge in [-0.1, -0.05) is 32.0 Å². The fourth-order valence-corrected chi connectivity index (χ4v) is 3.67. The van der Waals surface area contributed by atoms with Crippen molar-refractivity contribution in [1.82, 2.24) is 9.80 Å². The molecule has 2 rings (SSSR count). The van der Waals surface area contributed by atoms with E-state index >= 15 is 0 Å². The van der Waals surface area contributed by atoms with Gasteiger partial charge in [0.25, 0.3) is 0 Å². The average molecular weight is 360 g/mol. The van der Waals surface area contributed by atoms with Gasteiger partial charge in [0.2, 0.25) is 11.8 Å². The summed E-state index contributed by atoms with van der Waals surface area (Å²) in [5.41, 5.74) is 1.88. The van der Waals surface area contributed by atoms with Crippen molar-refractivity contribution in [2.45, 2.75) is 58.9 Å². The minimum atomic E-state index is -0.0637. The summed E-state index contributed by atoms with van der Waals surface area (Å²) in [5, 5.41) is 2.97. The van der Waals surface area contributed by atoms with Gasteiger partial charge in [0.15, 0.2) is 0 Å². The van der Waals surface area contributed by atoms with E-state index in [1.54, 1.807) is 0 Å². The standard InChI is InChI=1S/C21H33N3O2/c1-4-13-23(15-20(25)22-19-12-7-6-10-17(19)3)16-21(26)24-14-9-8-11-18(24)5-2/h6-7,10,12,18H,4-5,8-9,11,13-16H2,1-3H3,(H,22,25)/t18-/m0/s1. The fourth-order valence-electron chi connectivity index (χ4n) is 3.67. The molecule has 1 atom stereocenters. The number of benzene rings is 1. The number of amides is 2. The highest BCUT2D eigenvalue weighted by Gasteiger charge is 2.26. The Morgan fingerprint density at radius 1 is 1.19 bits per heavy atom. The van der Waals surface area contributed by atoms with E-state index in [4.69, 9.17) is 0 Å². The molecule has 1 aliphatic heterocycles. The number of aryl methyl sites for hydroxylation is 1. The van der Waals surface area contributed by atoms with Gasteiger partial charge in [-0.05, 0) is 57.2 Å². The number of carbonyl (C=O) groups is 2. The normalized spacial score (nSPS) is 17.4. The van der Waals surface area contributed by atoms with Gasteiger partial charge in [-0.15, -0.1) is 0 Å². The Hall–Kier alpha value is -1.88. The number of para-hydroxylation sites is 1. The quantitative estimate of drug-likeness (QED) is 0.774. The number of carbonyl (C=O) groups excluding carboxylic acids is 2. The predicted octanol–water partition coefficient (Wildman–Crippen LogP) is 3.44. The van der Waals surface area contributed by atoms with Gasteiger partial charge in [0.05, 0.1) is 13.1 Å². The minimum Gasteiger partial charge on any atom is -0.339 e. The molecule has 1 N–H and O–H groups in total. The summed E-state index contributed by atoms with van der Waals surface area (Å²) in [5.74, 6) is 0.0972. The number of hydrogen-bond acceptors (Lipinski definition) is 3. The minimum absolute atomic E-state index is 0.0637. The molecule has 144 valence electrons. The Balaban J connectivity index is 1.93. The number of anilines is 1. The molecule has 0 unspecified atom stereocenters. The van der Waals surface area contributed by atoms with Gasteiger partial charge < -0.3 is 10.2 Å². The zero-order valence-corrected chi connectivity index (χ0v) is 16.5. The molecule has 0 spiro atoms. The van der Waals surface area contributed by atoms with Crippen LogP contribution in [0.5, 0.6) is 0 Å². The maximum absolute atomic E-state index is 12.8. The largest absolute Gasteiger partial charge is 0.339 e. The lowest BCUT2D eigenvalue weighted by molar-refractivity contribution is -0.136. The molecular formula is C21H33N3O2. The second-order valence-corrected chi connectivity index (χ2v) is 7.22. The average Bonchev–Trinajstić information content (AvgIpc) is 2.63. The zero-order chi connectivity index (χ0) is 18.9. The second-order valence-electron chi connectivity index (χ2n) is 7.22. The molecule has 26 heavy (non-hydrogen) atoms. The number of nitrogens with one attached hydrogen (secondary N) is 1. The molecule has 1 aromatic rings. The van der Waals surface area contributed by atoms with Gasteiger partial charge in [-0.2, -0.15) is 0 Å². The smallest absolute Gasteiger partial charge is 0.238 e. The van der Waals surface area contributed by atoms with E-state index in [9.17, 15) is 9.59 Å². The number of nitrogens with zero attached hydrogens (tertiary/aromatic N) is 2. The predicted molar refractivity (Wildman–Crippen MR) is 106 cm³/mol. The van der Waals surface area contributed by atoms with Crippen LogP contribution >= 0.6 is 0 Å². The molecule has 0 aliphatic carbocycles. The van der Waals surface area contributed by atoms with E-state index in [0.717, 1.165) is 50.0 Å². The van der Waals surface area contributed by atoms with E-state index in [-0.39, 0.29) is 18.4 Å². The summed E-state index contributed by atoms with van der Waals surface area (Å²) < 4.78 is 0. The Morgan fingerprint density at radius 2 is 1.96 bits per heavy atom. The van der Waals surface area contributed by atoms with E-state index in [1.807, 2.05) is 41.0 Å². The van der Waals surface area contributed by atoms with Crippen LogP contribution in [0.25, 0.3) is 0 Å². The van der Waals surface area contributed by atoms with Crippen molar-refractivity contribution in [3.8, 4) is 0 Å². The molecule has 5 nitrogen and oxygen atoms in total. The summed E-state index contributed by atoms with van der Waals surface area (Å²) in [6.45, 7) is 8.38. The second kappa shape index (κ2) is 10.3. The first-order chi connectivity index (χ1) is 12.5. The van der Waals surface area contributed by atoms with Crippen molar-refractivity contribution in [1.29, 1.82) is 0 Å². The van der Waals surface area contributed by atoms with Crippen LogP contribution in [-0.2, 0) is 9.59 Å². The highest BCUT2D eigenvalue weighted by molar-refractivity contribution is 5.93. The summed E-state index contributed by atoms with van der Waals surface area (Å²) >= 11 is 0. The van der Waals surface area contributed by atoms with Crippen molar-refractivity contribution in [2.24, 2.45) is 0 Å². The molecular weight excluding hydrogens is 326 g/mol. The lowest BCUT2D eigenvalue weighted by Crippen LogP contribution is -2.49. The summed E-state index contributed by atoms with van der Waals surface area (Å²) in [4.78, 5) is 29.3. The molecule has 1 heterocycles. The van der Waals surface area contributed by atoms with Crippen LogP contribution in [0.4, 0.5) is 5.69 Å². The monoisotopic (exact) mass is 359 g/mol. The number of piperidine rings is 1. The van der Waals surface area contributed by atoms with Crippen LogP contribution in [0.1, 0.15) is 51.5 Å². The molecule has 0 bridgehead atoms. The van der Waals surface area contributed by atoms with Crippen molar-refractivity contribution in [3.63, 3.8) is 0 Å². The Labute approximate surface area is 157 Å². The zero-order valence-electron chi connectivity index (χ0n) is 16.5. The van der Waals surface area contributed by atoms with Crippen LogP contribution in [0.15, 0.2) is 24.3 Å². The number of likely N-dealkylation sites (tertiary alicyclic amines) is 1. The van der Waals surface area contributed by atoms with Crippen molar-refractivity contribution >= 4 is 17.5 Å². The summed E-state index contributed by atoms with van der Waals surface area (Å²) in [6, 6.07) is 8.11. The van der Waals surface area contributed by atoms with Crippen molar-refractivity contribution in [2.75, 3.05) is 31.5 Å². The third-order valence-corrected chi connectivity index (χ3v) is 5.10. The Kier molecular flexibility index (Phi) is 8.10. The van der Waals surface area contributed by atoms with E-state index in [1.165, 1.54) is 6.42 Å². The number of hydrogen-bond donors (Lipinski definition) is 1. The summed E-state index contributed by atoms with van der Waals surface area (Å²) in [7, 11) is 0. The lowest BCUT2D eigenvalue weighted by atomic mass is 10.00. The first-order valence-electron chi connectivity index (χ1n) is 9.92. The van der Waals surface area contributed by atoms with Gasteiger partial charge in [-0.25, -0.2) is 0 Å². The molecule has 1 saturated heterocycles. The third-order valence-electron chi connectivity index (χ3n) is 5.10. The SMILES string of the molecule is CCCN(CC(=O)Nc1ccccc1C)CC(=O)N1CCCC[C@@H]1CC. The van der Waals surface area contributed by atoms with Crippen LogP contribution < -0.4 is 5.32 Å². The van der Waals surface area contributed by atoms with Crippen LogP contribution in [-0.4, -0.2) is 53.8 Å². The first-order valence-corrected chi connectivity index (χ1v) is 9.92. The van der Waals surface area contributed by atoms with E-state index in [2.05, 4.69) is 19.2 Å². The molecule has 1 aliphatic rings. The fraction of sp³-hybridized carbons (Fsp3) is 0.619. The van der Waals surface area contributed by atoms with Crippen LogP contribution in [0, 0.1) is 6.92 Å². The summed E-state index contributed by atoms with van der Waals surface area (Å²) in [6.07, 6.45) is 5.32. The molecule has 1 fully saturated rings. The topological polar surface area (TPSA) is 52.7 Å². The Morgan fingerprint density at radius 3 is 2.65 bits per heavy atom. The molecule has 0 radical (unpaired) electrons. The van der Waals surface area contributed by atoms with Crippen molar-refractivity contribution < 1.29 is 9.59 Å².